The van der Waals surface area contributed by atoms with Gasteiger partial charge in [-0.05, 0) is 87.6 Å². The maximum atomic E-state index is 14.4. The second kappa shape index (κ2) is 14.8. The molecule has 10 heteroatoms. The third kappa shape index (κ3) is 8.14. The Kier molecular flexibility index (Phi) is 11.4. The number of halogens is 2. The topological polar surface area (TPSA) is 86.8 Å². The van der Waals surface area contributed by atoms with E-state index in [-0.39, 0.29) is 23.4 Å². The summed E-state index contributed by atoms with van der Waals surface area (Å²) in [6.45, 7) is 6.90. The van der Waals surface area contributed by atoms with Crippen LogP contribution in [0.1, 0.15) is 67.7 Å². The monoisotopic (exact) mass is 657 g/mol. The fourth-order valence-electron chi connectivity index (χ4n) is 5.78. The highest BCUT2D eigenvalue weighted by molar-refractivity contribution is 7.92. The number of benzene rings is 3. The number of anilines is 1. The van der Waals surface area contributed by atoms with Gasteiger partial charge in [0.2, 0.25) is 11.8 Å². The second-order valence-corrected chi connectivity index (χ2v) is 14.3. The van der Waals surface area contributed by atoms with Crippen molar-refractivity contribution < 1.29 is 18.0 Å². The molecule has 1 aliphatic rings. The Hall–Kier alpha value is -3.07. The quantitative estimate of drug-likeness (QED) is 0.233. The molecule has 0 aliphatic heterocycles. The highest BCUT2D eigenvalue weighted by Gasteiger charge is 2.35. The Labute approximate surface area is 271 Å². The number of hydrogen-bond donors (Lipinski definition) is 1. The molecule has 0 heterocycles. The van der Waals surface area contributed by atoms with Gasteiger partial charge in [-0.2, -0.15) is 0 Å². The molecule has 0 unspecified atom stereocenters. The highest BCUT2D eigenvalue weighted by Crippen LogP contribution is 2.30. The minimum atomic E-state index is -4.16. The molecule has 2 amide bonds. The van der Waals surface area contributed by atoms with Crippen LogP contribution in [0.25, 0.3) is 0 Å². The van der Waals surface area contributed by atoms with Crippen molar-refractivity contribution in [2.24, 2.45) is 0 Å². The molecule has 1 saturated carbocycles. The number of aryl methyl sites for hydroxylation is 3. The first kappa shape index (κ1) is 33.8. The maximum absolute atomic E-state index is 14.4. The van der Waals surface area contributed by atoms with E-state index in [4.69, 9.17) is 23.2 Å². The lowest BCUT2D eigenvalue weighted by molar-refractivity contribution is -0.140. The van der Waals surface area contributed by atoms with Crippen LogP contribution in [0.2, 0.25) is 10.0 Å². The molecule has 1 N–H and O–H groups in total. The van der Waals surface area contributed by atoms with E-state index in [1.54, 1.807) is 54.6 Å². The number of nitrogens with zero attached hydrogens (tertiary/aromatic N) is 2. The Balaban J connectivity index is 1.76. The van der Waals surface area contributed by atoms with Gasteiger partial charge in [0, 0.05) is 28.2 Å². The molecule has 0 aromatic heterocycles. The minimum Gasteiger partial charge on any atom is -0.352 e. The molecule has 7 nitrogen and oxygen atoms in total. The fourth-order valence-corrected chi connectivity index (χ4v) is 7.69. The first-order valence-corrected chi connectivity index (χ1v) is 17.3. The van der Waals surface area contributed by atoms with Gasteiger partial charge < -0.3 is 10.2 Å². The van der Waals surface area contributed by atoms with Crippen molar-refractivity contribution >= 4 is 50.7 Å². The van der Waals surface area contributed by atoms with Gasteiger partial charge in [-0.15, -0.1) is 0 Å². The standard InChI is InChI=1S/C34H41Cl2N3O4S/c1-5-32(34(41)37-26-10-7-6-8-11-26)38(21-29-30(35)12-9-13-31(29)36)33(40)22-39(27-19-24(3)18-25(4)20-27)44(42,43)28-16-14-23(2)15-17-28/h9,12-20,26,32H,5-8,10-11,21-22H2,1-4H3,(H,37,41)/t32-/m1/s1. The first-order chi connectivity index (χ1) is 20.9. The summed E-state index contributed by atoms with van der Waals surface area (Å²) in [7, 11) is -4.16. The van der Waals surface area contributed by atoms with Crippen LogP contribution in [0.3, 0.4) is 0 Å². The number of rotatable bonds is 11. The number of amides is 2. The van der Waals surface area contributed by atoms with E-state index >= 15 is 0 Å². The Bertz CT molecular complexity index is 1550. The zero-order valence-electron chi connectivity index (χ0n) is 25.8. The SMILES string of the molecule is CC[C@H](C(=O)NC1CCCCC1)N(Cc1c(Cl)cccc1Cl)C(=O)CN(c1cc(C)cc(C)c1)S(=O)(=O)c1ccc(C)cc1. The van der Waals surface area contributed by atoms with Crippen LogP contribution in [-0.2, 0) is 26.2 Å². The van der Waals surface area contributed by atoms with Crippen molar-refractivity contribution in [1.82, 2.24) is 10.2 Å². The predicted molar refractivity (Wildman–Crippen MR) is 178 cm³/mol. The van der Waals surface area contributed by atoms with E-state index in [0.717, 1.165) is 53.1 Å². The summed E-state index contributed by atoms with van der Waals surface area (Å²) >= 11 is 13.1. The van der Waals surface area contributed by atoms with Gasteiger partial charge in [-0.25, -0.2) is 8.42 Å². The smallest absolute Gasteiger partial charge is 0.264 e. The summed E-state index contributed by atoms with van der Waals surface area (Å²) in [4.78, 5) is 29.6. The summed E-state index contributed by atoms with van der Waals surface area (Å²) in [5.74, 6) is -0.809. The number of carbonyl (C=O) groups excluding carboxylic acids is 2. The molecule has 44 heavy (non-hydrogen) atoms. The van der Waals surface area contributed by atoms with Gasteiger partial charge in [0.05, 0.1) is 10.6 Å². The van der Waals surface area contributed by atoms with Gasteiger partial charge in [0.1, 0.15) is 12.6 Å². The lowest BCUT2D eigenvalue weighted by Crippen LogP contribution is -2.54. The van der Waals surface area contributed by atoms with Gasteiger partial charge in [-0.1, -0.05) is 79.2 Å². The summed E-state index contributed by atoms with van der Waals surface area (Å²) in [5, 5.41) is 3.87. The van der Waals surface area contributed by atoms with Crippen LogP contribution in [0, 0.1) is 20.8 Å². The summed E-state index contributed by atoms with van der Waals surface area (Å²) in [6.07, 6.45) is 5.33. The lowest BCUT2D eigenvalue weighted by atomic mass is 9.95. The Morgan fingerprint density at radius 3 is 2.05 bits per heavy atom. The van der Waals surface area contributed by atoms with Crippen molar-refractivity contribution in [1.29, 1.82) is 0 Å². The molecule has 0 radical (unpaired) electrons. The molecule has 4 rings (SSSR count). The molecule has 0 bridgehead atoms. The molecule has 3 aromatic rings. The van der Waals surface area contributed by atoms with Gasteiger partial charge in [0.25, 0.3) is 10.0 Å². The summed E-state index contributed by atoms with van der Waals surface area (Å²) in [5.41, 5.74) is 3.49. The summed E-state index contributed by atoms with van der Waals surface area (Å²) in [6, 6.07) is 16.2. The number of carbonyl (C=O) groups is 2. The highest BCUT2D eigenvalue weighted by atomic mass is 35.5. The number of nitrogens with one attached hydrogen (secondary N) is 1. The molecule has 1 fully saturated rings. The van der Waals surface area contributed by atoms with E-state index in [1.165, 1.54) is 4.90 Å². The Morgan fingerprint density at radius 2 is 1.48 bits per heavy atom. The third-order valence-corrected chi connectivity index (χ3v) is 10.6. The van der Waals surface area contributed by atoms with Crippen molar-refractivity contribution in [2.75, 3.05) is 10.8 Å². The Morgan fingerprint density at radius 1 is 0.886 bits per heavy atom. The van der Waals surface area contributed by atoms with Crippen LogP contribution < -0.4 is 9.62 Å². The lowest BCUT2D eigenvalue weighted by Gasteiger charge is -2.35. The maximum Gasteiger partial charge on any atom is 0.264 e. The third-order valence-electron chi connectivity index (χ3n) is 8.11. The number of sulfonamides is 1. The molecular weight excluding hydrogens is 617 g/mol. The van der Waals surface area contributed by atoms with E-state index in [9.17, 15) is 18.0 Å². The molecule has 0 spiro atoms. The van der Waals surface area contributed by atoms with E-state index in [2.05, 4.69) is 5.32 Å². The normalized spacial score (nSPS) is 14.6. The van der Waals surface area contributed by atoms with Crippen molar-refractivity contribution in [2.45, 2.75) is 89.7 Å². The van der Waals surface area contributed by atoms with Crippen LogP contribution in [0.15, 0.2) is 65.6 Å². The molecule has 0 saturated heterocycles. The second-order valence-electron chi connectivity index (χ2n) is 11.7. The van der Waals surface area contributed by atoms with Crippen molar-refractivity contribution in [3.8, 4) is 0 Å². The van der Waals surface area contributed by atoms with Crippen LogP contribution in [0.5, 0.6) is 0 Å². The zero-order valence-corrected chi connectivity index (χ0v) is 28.1. The minimum absolute atomic E-state index is 0.0415. The molecule has 1 aliphatic carbocycles. The van der Waals surface area contributed by atoms with Gasteiger partial charge in [-0.3, -0.25) is 13.9 Å². The van der Waals surface area contributed by atoms with E-state index in [0.29, 0.717) is 27.7 Å². The number of hydrogen-bond acceptors (Lipinski definition) is 4. The van der Waals surface area contributed by atoms with Crippen molar-refractivity contribution in [3.05, 3.63) is 93.0 Å². The largest absolute Gasteiger partial charge is 0.352 e. The van der Waals surface area contributed by atoms with Crippen LogP contribution >= 0.6 is 23.2 Å². The average Bonchev–Trinajstić information content (AvgIpc) is 2.97. The summed E-state index contributed by atoms with van der Waals surface area (Å²) < 4.78 is 29.5. The molecule has 1 atom stereocenters. The molecular formula is C34H41Cl2N3O4S. The van der Waals surface area contributed by atoms with Crippen molar-refractivity contribution in [3.63, 3.8) is 0 Å². The predicted octanol–water partition coefficient (Wildman–Crippen LogP) is 7.37. The van der Waals surface area contributed by atoms with Crippen LogP contribution in [-0.4, -0.2) is 43.8 Å². The fraction of sp³-hybridized carbons (Fsp3) is 0.412. The van der Waals surface area contributed by atoms with Gasteiger partial charge in [0.15, 0.2) is 0 Å². The average molecular weight is 659 g/mol. The zero-order chi connectivity index (χ0) is 32.0. The first-order valence-electron chi connectivity index (χ1n) is 15.1. The van der Waals surface area contributed by atoms with E-state index in [1.807, 2.05) is 33.8 Å². The van der Waals surface area contributed by atoms with Crippen LogP contribution in [0.4, 0.5) is 5.69 Å². The molecule has 3 aromatic carbocycles. The van der Waals surface area contributed by atoms with Gasteiger partial charge >= 0.3 is 0 Å². The van der Waals surface area contributed by atoms with E-state index < -0.39 is 28.5 Å². The molecule has 236 valence electrons.